The van der Waals surface area contributed by atoms with Crippen molar-refractivity contribution in [2.24, 2.45) is 5.92 Å². The summed E-state index contributed by atoms with van der Waals surface area (Å²) >= 11 is 0. The van der Waals surface area contributed by atoms with E-state index in [9.17, 15) is 0 Å². The first-order valence-corrected chi connectivity index (χ1v) is 6.35. The van der Waals surface area contributed by atoms with E-state index in [0.29, 0.717) is 0 Å². The molecule has 0 atom stereocenters. The third-order valence-corrected chi connectivity index (χ3v) is 3.50. The molecule has 1 aromatic rings. The first kappa shape index (κ1) is 10.7. The SMILES string of the molecule is [c]1c[nH]c(CCCC2CCCCCC2)n1. The summed E-state index contributed by atoms with van der Waals surface area (Å²) in [6.45, 7) is 0. The van der Waals surface area contributed by atoms with Gasteiger partial charge in [-0.2, -0.15) is 0 Å². The molecule has 1 heterocycles. The number of hydrogen-bond acceptors (Lipinski definition) is 1. The van der Waals surface area contributed by atoms with Crippen LogP contribution in [0.1, 0.15) is 57.2 Å². The normalized spacial score (nSPS) is 18.9. The summed E-state index contributed by atoms with van der Waals surface area (Å²) in [5, 5.41) is 0. The number of nitrogens with zero attached hydrogens (tertiary/aromatic N) is 1. The van der Waals surface area contributed by atoms with Crippen molar-refractivity contribution >= 4 is 0 Å². The predicted octanol–water partition coefficient (Wildman–Crippen LogP) is 3.50. The van der Waals surface area contributed by atoms with E-state index in [-0.39, 0.29) is 0 Å². The van der Waals surface area contributed by atoms with Gasteiger partial charge in [-0.15, -0.1) is 0 Å². The minimum Gasteiger partial charge on any atom is -0.348 e. The van der Waals surface area contributed by atoms with Gasteiger partial charge in [0, 0.05) is 12.6 Å². The Kier molecular flexibility index (Phi) is 4.24. The summed E-state index contributed by atoms with van der Waals surface area (Å²) in [4.78, 5) is 7.26. The van der Waals surface area contributed by atoms with Gasteiger partial charge in [-0.1, -0.05) is 44.9 Å². The molecule has 1 radical (unpaired) electrons. The average Bonchev–Trinajstić information content (AvgIpc) is 2.62. The molecule has 1 aliphatic carbocycles. The second-order valence-electron chi connectivity index (χ2n) is 4.73. The van der Waals surface area contributed by atoms with Crippen molar-refractivity contribution in [2.75, 3.05) is 0 Å². The highest BCUT2D eigenvalue weighted by Crippen LogP contribution is 2.26. The summed E-state index contributed by atoms with van der Waals surface area (Å²) < 4.78 is 0. The minimum absolute atomic E-state index is 0.992. The van der Waals surface area contributed by atoms with Crippen LogP contribution in [-0.2, 0) is 6.42 Å². The fraction of sp³-hybridized carbons (Fsp3) is 0.769. The lowest BCUT2D eigenvalue weighted by Crippen LogP contribution is -2.00. The molecule has 1 aliphatic rings. The number of hydrogen-bond donors (Lipinski definition) is 1. The third kappa shape index (κ3) is 3.69. The summed E-state index contributed by atoms with van der Waals surface area (Å²) in [5.41, 5.74) is 0. The van der Waals surface area contributed by atoms with Crippen molar-refractivity contribution in [3.8, 4) is 0 Å². The monoisotopic (exact) mass is 205 g/mol. The first-order chi connectivity index (χ1) is 7.45. The minimum atomic E-state index is 0.992. The van der Waals surface area contributed by atoms with E-state index in [1.807, 2.05) is 0 Å². The molecule has 2 heteroatoms. The Morgan fingerprint density at radius 1 is 1.27 bits per heavy atom. The number of aromatic nitrogens is 2. The predicted molar refractivity (Wildman–Crippen MR) is 61.6 cm³/mol. The van der Waals surface area contributed by atoms with Crippen molar-refractivity contribution in [3.63, 3.8) is 0 Å². The highest BCUT2D eigenvalue weighted by atomic mass is 14.9. The lowest BCUT2D eigenvalue weighted by atomic mass is 9.94. The maximum absolute atomic E-state index is 4.14. The quantitative estimate of drug-likeness (QED) is 0.749. The van der Waals surface area contributed by atoms with E-state index < -0.39 is 0 Å². The fourth-order valence-corrected chi connectivity index (χ4v) is 2.60. The van der Waals surface area contributed by atoms with Crippen LogP contribution in [0.15, 0.2) is 6.20 Å². The number of imidazole rings is 1. The van der Waals surface area contributed by atoms with Crippen molar-refractivity contribution in [2.45, 2.75) is 57.8 Å². The lowest BCUT2D eigenvalue weighted by molar-refractivity contribution is 0.414. The van der Waals surface area contributed by atoms with Crippen LogP contribution in [0.2, 0.25) is 0 Å². The lowest BCUT2D eigenvalue weighted by Gasteiger charge is -2.12. The largest absolute Gasteiger partial charge is 0.348 e. The van der Waals surface area contributed by atoms with Crippen LogP contribution < -0.4 is 0 Å². The zero-order chi connectivity index (χ0) is 10.3. The van der Waals surface area contributed by atoms with Crippen LogP contribution in [-0.4, -0.2) is 9.97 Å². The molecule has 1 saturated carbocycles. The second kappa shape index (κ2) is 5.94. The molecule has 1 aromatic heterocycles. The number of aromatic amines is 1. The molecule has 2 rings (SSSR count). The van der Waals surface area contributed by atoms with Crippen molar-refractivity contribution < 1.29 is 0 Å². The molecular weight excluding hydrogens is 184 g/mol. The summed E-state index contributed by atoms with van der Waals surface area (Å²) in [6, 6.07) is 0. The van der Waals surface area contributed by atoms with Crippen LogP contribution in [0.25, 0.3) is 0 Å². The van der Waals surface area contributed by atoms with Gasteiger partial charge in [0.15, 0.2) is 0 Å². The maximum Gasteiger partial charge on any atom is 0.108 e. The van der Waals surface area contributed by atoms with Crippen molar-refractivity contribution in [1.82, 2.24) is 9.97 Å². The molecule has 0 aromatic carbocycles. The van der Waals surface area contributed by atoms with Gasteiger partial charge in [0.1, 0.15) is 12.0 Å². The summed E-state index contributed by atoms with van der Waals surface area (Å²) in [6.07, 6.45) is 17.1. The van der Waals surface area contributed by atoms with E-state index in [1.54, 1.807) is 6.20 Å². The Balaban J connectivity index is 1.64. The van der Waals surface area contributed by atoms with Crippen LogP contribution in [0.5, 0.6) is 0 Å². The van der Waals surface area contributed by atoms with Gasteiger partial charge in [0.25, 0.3) is 0 Å². The number of rotatable bonds is 4. The fourth-order valence-electron chi connectivity index (χ4n) is 2.60. The van der Waals surface area contributed by atoms with Gasteiger partial charge in [-0.05, 0) is 12.3 Å². The van der Waals surface area contributed by atoms with Crippen LogP contribution in [0, 0.1) is 12.1 Å². The molecule has 0 unspecified atom stereocenters. The Labute approximate surface area is 92.5 Å². The zero-order valence-corrected chi connectivity index (χ0v) is 9.47. The van der Waals surface area contributed by atoms with Crippen LogP contribution in [0.4, 0.5) is 0 Å². The summed E-state index contributed by atoms with van der Waals surface area (Å²) in [5.74, 6) is 2.09. The Bertz CT molecular complexity index is 246. The smallest absolute Gasteiger partial charge is 0.108 e. The Morgan fingerprint density at radius 3 is 2.73 bits per heavy atom. The van der Waals surface area contributed by atoms with Gasteiger partial charge in [0.2, 0.25) is 0 Å². The third-order valence-electron chi connectivity index (χ3n) is 3.50. The van der Waals surface area contributed by atoms with Crippen LogP contribution >= 0.6 is 0 Å². The topological polar surface area (TPSA) is 28.7 Å². The summed E-state index contributed by atoms with van der Waals surface area (Å²) in [7, 11) is 0. The molecule has 0 spiro atoms. The average molecular weight is 205 g/mol. The molecule has 83 valence electrons. The molecule has 0 saturated heterocycles. The molecule has 15 heavy (non-hydrogen) atoms. The van der Waals surface area contributed by atoms with E-state index in [1.165, 1.54) is 51.4 Å². The van der Waals surface area contributed by atoms with Gasteiger partial charge in [-0.25, -0.2) is 4.98 Å². The van der Waals surface area contributed by atoms with Gasteiger partial charge >= 0.3 is 0 Å². The van der Waals surface area contributed by atoms with Gasteiger partial charge < -0.3 is 4.98 Å². The number of aryl methyl sites for hydroxylation is 1. The standard InChI is InChI=1S/C13H21N2/c1-2-4-7-12(6-3-1)8-5-9-13-14-10-11-15-13/h10,12H,1-9H2,(H,14,15). The zero-order valence-electron chi connectivity index (χ0n) is 9.47. The van der Waals surface area contributed by atoms with Crippen molar-refractivity contribution in [3.05, 3.63) is 18.2 Å². The molecule has 0 aliphatic heterocycles. The maximum atomic E-state index is 4.14. The molecule has 2 nitrogen and oxygen atoms in total. The van der Waals surface area contributed by atoms with Crippen LogP contribution in [0.3, 0.4) is 0 Å². The second-order valence-corrected chi connectivity index (χ2v) is 4.73. The molecule has 0 amide bonds. The van der Waals surface area contributed by atoms with Gasteiger partial charge in [0.05, 0.1) is 0 Å². The Hall–Kier alpha value is -0.790. The highest BCUT2D eigenvalue weighted by Gasteiger charge is 2.11. The molecule has 1 fully saturated rings. The first-order valence-electron chi connectivity index (χ1n) is 6.35. The van der Waals surface area contributed by atoms with Gasteiger partial charge in [-0.3, -0.25) is 0 Å². The highest BCUT2D eigenvalue weighted by molar-refractivity contribution is 4.85. The molecular formula is C13H21N2. The molecule has 1 N–H and O–H groups in total. The van der Waals surface area contributed by atoms with E-state index >= 15 is 0 Å². The number of nitrogens with one attached hydrogen (secondary N) is 1. The van der Waals surface area contributed by atoms with E-state index in [0.717, 1.165) is 18.2 Å². The van der Waals surface area contributed by atoms with E-state index in [2.05, 4.69) is 16.2 Å². The molecule has 0 bridgehead atoms. The Morgan fingerprint density at radius 2 is 2.07 bits per heavy atom. The number of H-pyrrole nitrogens is 1. The van der Waals surface area contributed by atoms with Crippen molar-refractivity contribution in [1.29, 1.82) is 0 Å². The van der Waals surface area contributed by atoms with E-state index in [4.69, 9.17) is 0 Å².